The smallest absolute Gasteiger partial charge is 0.162 e. The molecule has 0 unspecified atom stereocenters. The Morgan fingerprint density at radius 2 is 1.68 bits per heavy atom. The molecular formula is C14H13F2NO2. The molecule has 0 bridgehead atoms. The minimum Gasteiger partial charge on any atom is -0.494 e. The monoisotopic (exact) mass is 265 g/mol. The van der Waals surface area contributed by atoms with E-state index >= 15 is 0 Å². The zero-order chi connectivity index (χ0) is 13.8. The van der Waals surface area contributed by atoms with Crippen LogP contribution in [-0.2, 0) is 0 Å². The van der Waals surface area contributed by atoms with E-state index in [9.17, 15) is 8.78 Å². The molecular weight excluding hydrogens is 252 g/mol. The molecule has 0 aromatic heterocycles. The second-order valence-electron chi connectivity index (χ2n) is 3.85. The van der Waals surface area contributed by atoms with Crippen molar-refractivity contribution in [2.24, 2.45) is 0 Å². The van der Waals surface area contributed by atoms with E-state index in [0.29, 0.717) is 23.8 Å². The number of hydrogen-bond acceptors (Lipinski definition) is 3. The number of hydrogen-bond donors (Lipinski definition) is 1. The molecule has 2 N–H and O–H groups in total. The predicted octanol–water partition coefficient (Wildman–Crippen LogP) is 3.74. The van der Waals surface area contributed by atoms with E-state index in [4.69, 9.17) is 15.2 Å². The predicted molar refractivity (Wildman–Crippen MR) is 68.5 cm³/mol. The number of anilines is 1. The molecule has 0 aliphatic heterocycles. The SMILES string of the molecule is CCOc1cc(N)cc(Oc2ccc(F)c(F)c2)c1. The van der Waals surface area contributed by atoms with Crippen molar-refractivity contribution in [2.75, 3.05) is 12.3 Å². The van der Waals surface area contributed by atoms with Crippen molar-refractivity contribution in [2.45, 2.75) is 6.92 Å². The van der Waals surface area contributed by atoms with Crippen LogP contribution in [0.15, 0.2) is 36.4 Å². The minimum atomic E-state index is -0.966. The first-order chi connectivity index (χ1) is 9.08. The maximum absolute atomic E-state index is 13.1. The van der Waals surface area contributed by atoms with Gasteiger partial charge in [-0.15, -0.1) is 0 Å². The quantitative estimate of drug-likeness (QED) is 0.856. The fourth-order valence-electron chi connectivity index (χ4n) is 1.58. The third-order valence-electron chi connectivity index (χ3n) is 2.34. The highest BCUT2D eigenvalue weighted by Gasteiger charge is 2.06. The van der Waals surface area contributed by atoms with Crippen molar-refractivity contribution in [1.82, 2.24) is 0 Å². The molecule has 2 aromatic rings. The lowest BCUT2D eigenvalue weighted by Crippen LogP contribution is -1.95. The van der Waals surface area contributed by atoms with Gasteiger partial charge in [-0.25, -0.2) is 8.78 Å². The molecule has 0 atom stereocenters. The first-order valence-electron chi connectivity index (χ1n) is 5.74. The van der Waals surface area contributed by atoms with Gasteiger partial charge in [-0.3, -0.25) is 0 Å². The summed E-state index contributed by atoms with van der Waals surface area (Å²) in [5.74, 6) is -0.747. The summed E-state index contributed by atoms with van der Waals surface area (Å²) in [7, 11) is 0. The van der Waals surface area contributed by atoms with Crippen LogP contribution in [0.2, 0.25) is 0 Å². The Balaban J connectivity index is 2.24. The molecule has 0 fully saturated rings. The highest BCUT2D eigenvalue weighted by molar-refractivity contribution is 5.51. The van der Waals surface area contributed by atoms with Crippen molar-refractivity contribution in [3.8, 4) is 17.2 Å². The third kappa shape index (κ3) is 3.34. The number of rotatable bonds is 4. The van der Waals surface area contributed by atoms with Crippen molar-refractivity contribution in [1.29, 1.82) is 0 Å². The fourth-order valence-corrected chi connectivity index (χ4v) is 1.58. The number of ether oxygens (including phenoxy) is 2. The second kappa shape index (κ2) is 5.56. The molecule has 0 aliphatic rings. The molecule has 0 aliphatic carbocycles. The molecule has 0 amide bonds. The van der Waals surface area contributed by atoms with Gasteiger partial charge >= 0.3 is 0 Å². The van der Waals surface area contributed by atoms with Gasteiger partial charge in [-0.05, 0) is 19.1 Å². The maximum Gasteiger partial charge on any atom is 0.162 e. The molecule has 0 spiro atoms. The average Bonchev–Trinajstić information content (AvgIpc) is 2.33. The zero-order valence-corrected chi connectivity index (χ0v) is 10.3. The molecule has 3 nitrogen and oxygen atoms in total. The summed E-state index contributed by atoms with van der Waals surface area (Å²) in [4.78, 5) is 0. The highest BCUT2D eigenvalue weighted by Crippen LogP contribution is 2.29. The van der Waals surface area contributed by atoms with Crippen molar-refractivity contribution in [3.05, 3.63) is 48.0 Å². The van der Waals surface area contributed by atoms with Gasteiger partial charge in [-0.1, -0.05) is 0 Å². The summed E-state index contributed by atoms with van der Waals surface area (Å²) in [5.41, 5.74) is 6.16. The largest absolute Gasteiger partial charge is 0.494 e. The van der Waals surface area contributed by atoms with E-state index in [1.807, 2.05) is 6.92 Å². The van der Waals surface area contributed by atoms with Crippen molar-refractivity contribution >= 4 is 5.69 Å². The van der Waals surface area contributed by atoms with Crippen LogP contribution in [-0.4, -0.2) is 6.61 Å². The molecule has 19 heavy (non-hydrogen) atoms. The molecule has 2 rings (SSSR count). The lowest BCUT2D eigenvalue weighted by Gasteiger charge is -2.10. The normalized spacial score (nSPS) is 10.3. The zero-order valence-electron chi connectivity index (χ0n) is 10.3. The molecule has 5 heteroatoms. The van der Waals surface area contributed by atoms with Crippen LogP contribution < -0.4 is 15.2 Å². The number of halogens is 2. The van der Waals surface area contributed by atoms with Gasteiger partial charge in [0, 0.05) is 30.0 Å². The van der Waals surface area contributed by atoms with Crippen LogP contribution in [0, 0.1) is 11.6 Å². The molecule has 2 aromatic carbocycles. The van der Waals surface area contributed by atoms with E-state index in [2.05, 4.69) is 0 Å². The Kier molecular flexibility index (Phi) is 3.85. The molecule has 0 saturated heterocycles. The van der Waals surface area contributed by atoms with Crippen LogP contribution in [0.1, 0.15) is 6.92 Å². The maximum atomic E-state index is 13.1. The summed E-state index contributed by atoms with van der Waals surface area (Å²) in [6.45, 7) is 2.34. The van der Waals surface area contributed by atoms with Crippen LogP contribution in [0.25, 0.3) is 0 Å². The van der Waals surface area contributed by atoms with Crippen LogP contribution in [0.4, 0.5) is 14.5 Å². The number of benzene rings is 2. The minimum absolute atomic E-state index is 0.187. The standard InChI is InChI=1S/C14H13F2NO2/c1-2-18-11-5-9(17)6-12(7-11)19-10-3-4-13(15)14(16)8-10/h3-8H,2,17H2,1H3. The van der Waals surface area contributed by atoms with E-state index in [1.54, 1.807) is 18.2 Å². The van der Waals surface area contributed by atoms with Crippen LogP contribution in [0.3, 0.4) is 0 Å². The van der Waals surface area contributed by atoms with Gasteiger partial charge in [0.2, 0.25) is 0 Å². The first kappa shape index (κ1) is 13.1. The fraction of sp³-hybridized carbons (Fsp3) is 0.143. The summed E-state index contributed by atoms with van der Waals surface area (Å²) < 4.78 is 36.6. The second-order valence-corrected chi connectivity index (χ2v) is 3.85. The van der Waals surface area contributed by atoms with Crippen LogP contribution >= 0.6 is 0 Å². The van der Waals surface area contributed by atoms with E-state index in [1.165, 1.54) is 6.07 Å². The van der Waals surface area contributed by atoms with Gasteiger partial charge in [0.15, 0.2) is 11.6 Å². The van der Waals surface area contributed by atoms with Gasteiger partial charge in [0.05, 0.1) is 6.61 Å². The Morgan fingerprint density at radius 1 is 0.947 bits per heavy atom. The van der Waals surface area contributed by atoms with E-state index in [0.717, 1.165) is 12.1 Å². The van der Waals surface area contributed by atoms with E-state index in [-0.39, 0.29) is 5.75 Å². The van der Waals surface area contributed by atoms with Gasteiger partial charge in [0.1, 0.15) is 17.2 Å². The van der Waals surface area contributed by atoms with Crippen molar-refractivity contribution in [3.63, 3.8) is 0 Å². The topological polar surface area (TPSA) is 44.5 Å². The molecule has 0 saturated carbocycles. The first-order valence-corrected chi connectivity index (χ1v) is 5.74. The summed E-state index contributed by atoms with van der Waals surface area (Å²) >= 11 is 0. The third-order valence-corrected chi connectivity index (χ3v) is 2.34. The Hall–Kier alpha value is -2.30. The van der Waals surface area contributed by atoms with Crippen molar-refractivity contribution < 1.29 is 18.3 Å². The Morgan fingerprint density at radius 3 is 2.37 bits per heavy atom. The van der Waals surface area contributed by atoms with E-state index < -0.39 is 11.6 Å². The molecule has 0 heterocycles. The van der Waals surface area contributed by atoms with Gasteiger partial charge in [0.25, 0.3) is 0 Å². The number of nitrogen functional groups attached to an aromatic ring is 1. The Labute approximate surface area is 109 Å². The average molecular weight is 265 g/mol. The lowest BCUT2D eigenvalue weighted by atomic mass is 10.2. The molecule has 0 radical (unpaired) electrons. The number of nitrogens with two attached hydrogens (primary N) is 1. The highest BCUT2D eigenvalue weighted by atomic mass is 19.2. The van der Waals surface area contributed by atoms with Gasteiger partial charge < -0.3 is 15.2 Å². The Bertz CT molecular complexity index is 588. The summed E-state index contributed by atoms with van der Waals surface area (Å²) in [6.07, 6.45) is 0. The van der Waals surface area contributed by atoms with Gasteiger partial charge in [-0.2, -0.15) is 0 Å². The summed E-state index contributed by atoms with van der Waals surface area (Å²) in [6, 6.07) is 8.16. The lowest BCUT2D eigenvalue weighted by molar-refractivity contribution is 0.338. The van der Waals surface area contributed by atoms with Crippen LogP contribution in [0.5, 0.6) is 17.2 Å². The summed E-state index contributed by atoms with van der Waals surface area (Å²) in [5, 5.41) is 0. The molecule has 100 valence electrons.